The first-order valence-electron chi connectivity index (χ1n) is 8.82. The van der Waals surface area contributed by atoms with Crippen molar-refractivity contribution in [2.24, 2.45) is 0 Å². The van der Waals surface area contributed by atoms with Crippen LogP contribution in [0.2, 0.25) is 0 Å². The normalized spacial score (nSPS) is 14.2. The first-order valence-corrected chi connectivity index (χ1v) is 10.3. The molecule has 0 saturated heterocycles. The molecule has 3 rings (SSSR count). The van der Waals surface area contributed by atoms with Crippen molar-refractivity contribution >= 4 is 21.6 Å². The Morgan fingerprint density at radius 1 is 1.04 bits per heavy atom. The fourth-order valence-electron chi connectivity index (χ4n) is 2.80. The number of hydrogen-bond acceptors (Lipinski definition) is 3. The van der Waals surface area contributed by atoms with E-state index in [0.29, 0.717) is 12.8 Å². The van der Waals surface area contributed by atoms with E-state index in [1.165, 1.54) is 0 Å². The molecular weight excluding hydrogens is 348 g/mol. The van der Waals surface area contributed by atoms with Gasteiger partial charge in [0, 0.05) is 18.2 Å². The van der Waals surface area contributed by atoms with Crippen LogP contribution < -0.4 is 10.0 Å². The Kier molecular flexibility index (Phi) is 5.44. The van der Waals surface area contributed by atoms with Crippen molar-refractivity contribution < 1.29 is 13.2 Å². The summed E-state index contributed by atoms with van der Waals surface area (Å²) in [4.78, 5) is 12.5. The molecule has 1 fully saturated rings. The minimum atomic E-state index is -3.42. The molecule has 1 saturated carbocycles. The van der Waals surface area contributed by atoms with E-state index in [9.17, 15) is 13.2 Å². The molecule has 5 nitrogen and oxygen atoms in total. The van der Waals surface area contributed by atoms with Crippen molar-refractivity contribution in [3.63, 3.8) is 0 Å². The zero-order chi connectivity index (χ0) is 18.7. The van der Waals surface area contributed by atoms with E-state index in [1.54, 1.807) is 24.3 Å². The molecule has 2 N–H and O–H groups in total. The van der Waals surface area contributed by atoms with Gasteiger partial charge < -0.3 is 5.32 Å². The number of rotatable bonds is 7. The van der Waals surface area contributed by atoms with E-state index in [2.05, 4.69) is 10.0 Å². The summed E-state index contributed by atoms with van der Waals surface area (Å²) in [5, 5.41) is 2.97. The molecule has 1 aliphatic carbocycles. The second kappa shape index (κ2) is 7.60. The molecule has 0 heterocycles. The van der Waals surface area contributed by atoms with Gasteiger partial charge >= 0.3 is 0 Å². The van der Waals surface area contributed by atoms with E-state index in [4.69, 9.17) is 0 Å². The predicted molar refractivity (Wildman–Crippen MR) is 103 cm³/mol. The Bertz CT molecular complexity index is 881. The summed E-state index contributed by atoms with van der Waals surface area (Å²) in [6.07, 6.45) is 2.73. The van der Waals surface area contributed by atoms with Crippen molar-refractivity contribution in [3.05, 3.63) is 59.2 Å². The first kappa shape index (κ1) is 18.6. The average Bonchev–Trinajstić information content (AvgIpc) is 3.40. The largest absolute Gasteiger partial charge is 0.326 e. The lowest BCUT2D eigenvalue weighted by Crippen LogP contribution is -2.25. The van der Waals surface area contributed by atoms with Gasteiger partial charge in [-0.05, 0) is 61.9 Å². The molecular formula is C20H24N2O3S. The number of para-hydroxylation sites is 1. The molecule has 0 bridgehead atoms. The fourth-order valence-corrected chi connectivity index (χ4v) is 4.10. The fraction of sp³-hybridized carbons (Fsp3) is 0.350. The maximum absolute atomic E-state index is 12.2. The number of nitrogens with one attached hydrogen (secondary N) is 2. The molecule has 138 valence electrons. The summed E-state index contributed by atoms with van der Waals surface area (Å²) in [6, 6.07) is 12.7. The number of carbonyl (C=O) groups excluding carboxylic acids is 1. The second-order valence-electron chi connectivity index (χ2n) is 6.85. The van der Waals surface area contributed by atoms with Gasteiger partial charge in [0.25, 0.3) is 0 Å². The summed E-state index contributed by atoms with van der Waals surface area (Å²) >= 11 is 0. The van der Waals surface area contributed by atoms with Crippen LogP contribution in [0, 0.1) is 13.8 Å². The second-order valence-corrected chi connectivity index (χ2v) is 8.57. The standard InChI is InChI=1S/C20H24N2O3S/c1-14-4-3-5-15(2)20(14)21-19(23)13-8-16-6-11-18(12-7-16)26(24,25)22-17-9-10-17/h3-7,11-12,17,22H,8-10,13H2,1-2H3,(H,21,23). The van der Waals surface area contributed by atoms with Gasteiger partial charge in [-0.25, -0.2) is 13.1 Å². The molecule has 2 aromatic carbocycles. The number of sulfonamides is 1. The monoisotopic (exact) mass is 372 g/mol. The van der Waals surface area contributed by atoms with Crippen molar-refractivity contribution in [1.29, 1.82) is 0 Å². The van der Waals surface area contributed by atoms with Crippen LogP contribution >= 0.6 is 0 Å². The Labute approximate surface area is 154 Å². The van der Waals surface area contributed by atoms with Gasteiger partial charge in [0.1, 0.15) is 0 Å². The van der Waals surface area contributed by atoms with E-state index in [1.807, 2.05) is 32.0 Å². The highest BCUT2D eigenvalue weighted by Crippen LogP contribution is 2.23. The molecule has 0 spiro atoms. The van der Waals surface area contributed by atoms with Crippen molar-refractivity contribution in [2.45, 2.75) is 50.5 Å². The van der Waals surface area contributed by atoms with Crippen LogP contribution in [-0.2, 0) is 21.2 Å². The van der Waals surface area contributed by atoms with Gasteiger partial charge in [0.15, 0.2) is 0 Å². The third-order valence-corrected chi connectivity index (χ3v) is 6.06. The Balaban J connectivity index is 1.57. The smallest absolute Gasteiger partial charge is 0.240 e. The number of hydrogen-bond donors (Lipinski definition) is 2. The highest BCUT2D eigenvalue weighted by molar-refractivity contribution is 7.89. The lowest BCUT2D eigenvalue weighted by atomic mass is 10.1. The number of anilines is 1. The quantitative estimate of drug-likeness (QED) is 0.783. The topological polar surface area (TPSA) is 75.3 Å². The van der Waals surface area contributed by atoms with Gasteiger partial charge in [-0.3, -0.25) is 4.79 Å². The van der Waals surface area contributed by atoms with Crippen LogP contribution in [0.5, 0.6) is 0 Å². The van der Waals surface area contributed by atoms with Crippen LogP contribution in [0.25, 0.3) is 0 Å². The maximum atomic E-state index is 12.2. The molecule has 1 aliphatic rings. The Morgan fingerprint density at radius 3 is 2.23 bits per heavy atom. The Hall–Kier alpha value is -2.18. The molecule has 0 aliphatic heterocycles. The number of carbonyl (C=O) groups is 1. The Morgan fingerprint density at radius 2 is 1.65 bits per heavy atom. The zero-order valence-electron chi connectivity index (χ0n) is 15.1. The summed E-state index contributed by atoms with van der Waals surface area (Å²) in [5.74, 6) is -0.0468. The molecule has 26 heavy (non-hydrogen) atoms. The van der Waals surface area contributed by atoms with E-state index in [-0.39, 0.29) is 16.8 Å². The predicted octanol–water partition coefficient (Wildman–Crippen LogP) is 3.32. The summed E-state index contributed by atoms with van der Waals surface area (Å²) < 4.78 is 27.0. The molecule has 0 unspecified atom stereocenters. The number of aryl methyl sites for hydroxylation is 3. The van der Waals surface area contributed by atoms with Gasteiger partial charge in [0.2, 0.25) is 15.9 Å². The molecule has 2 aromatic rings. The van der Waals surface area contributed by atoms with E-state index in [0.717, 1.165) is 35.2 Å². The average molecular weight is 372 g/mol. The van der Waals surface area contributed by atoms with E-state index < -0.39 is 10.0 Å². The van der Waals surface area contributed by atoms with Crippen LogP contribution in [0.4, 0.5) is 5.69 Å². The van der Waals surface area contributed by atoms with Gasteiger partial charge in [-0.1, -0.05) is 30.3 Å². The van der Waals surface area contributed by atoms with Gasteiger partial charge in [-0.15, -0.1) is 0 Å². The van der Waals surface area contributed by atoms with Gasteiger partial charge in [-0.2, -0.15) is 0 Å². The highest BCUT2D eigenvalue weighted by atomic mass is 32.2. The minimum Gasteiger partial charge on any atom is -0.326 e. The lowest BCUT2D eigenvalue weighted by Gasteiger charge is -2.11. The number of amides is 1. The maximum Gasteiger partial charge on any atom is 0.240 e. The molecule has 0 aromatic heterocycles. The lowest BCUT2D eigenvalue weighted by molar-refractivity contribution is -0.116. The van der Waals surface area contributed by atoms with Crippen LogP contribution in [-0.4, -0.2) is 20.4 Å². The molecule has 0 atom stereocenters. The third kappa shape index (κ3) is 4.71. The first-order chi connectivity index (χ1) is 12.3. The van der Waals surface area contributed by atoms with Gasteiger partial charge in [0.05, 0.1) is 4.90 Å². The highest BCUT2D eigenvalue weighted by Gasteiger charge is 2.27. The van der Waals surface area contributed by atoms with Crippen molar-refractivity contribution in [3.8, 4) is 0 Å². The van der Waals surface area contributed by atoms with Crippen LogP contribution in [0.3, 0.4) is 0 Å². The van der Waals surface area contributed by atoms with E-state index >= 15 is 0 Å². The summed E-state index contributed by atoms with van der Waals surface area (Å²) in [7, 11) is -3.42. The molecule has 6 heteroatoms. The zero-order valence-corrected chi connectivity index (χ0v) is 15.9. The SMILES string of the molecule is Cc1cccc(C)c1NC(=O)CCc1ccc(S(=O)(=O)NC2CC2)cc1. The third-order valence-electron chi connectivity index (χ3n) is 4.52. The minimum absolute atomic E-state index is 0.0468. The van der Waals surface area contributed by atoms with Crippen molar-refractivity contribution in [2.75, 3.05) is 5.32 Å². The summed E-state index contributed by atoms with van der Waals surface area (Å²) in [6.45, 7) is 3.94. The van der Waals surface area contributed by atoms with Crippen LogP contribution in [0.15, 0.2) is 47.4 Å². The molecule has 0 radical (unpaired) electrons. The van der Waals surface area contributed by atoms with Crippen LogP contribution in [0.1, 0.15) is 36.0 Å². The summed E-state index contributed by atoms with van der Waals surface area (Å²) in [5.41, 5.74) is 3.88. The van der Waals surface area contributed by atoms with Crippen molar-refractivity contribution in [1.82, 2.24) is 4.72 Å². The molecule has 1 amide bonds. The number of benzene rings is 2.